The first-order chi connectivity index (χ1) is 24.8. The number of para-hydroxylation sites is 2. The van der Waals surface area contributed by atoms with E-state index in [2.05, 4.69) is 209 Å². The fourth-order valence-corrected chi connectivity index (χ4v) is 8.31. The fraction of sp³-hybridized carbons (Fsp3) is 0.120. The minimum Gasteiger partial charge on any atom is -0.310 e. The molecule has 0 atom stereocenters. The third kappa shape index (κ3) is 4.99. The van der Waals surface area contributed by atoms with E-state index in [0.29, 0.717) is 0 Å². The summed E-state index contributed by atoms with van der Waals surface area (Å²) in [6, 6.07) is 64.5. The third-order valence-corrected chi connectivity index (χ3v) is 11.8. The van der Waals surface area contributed by atoms with Crippen LogP contribution in [0.2, 0.25) is 0 Å². The lowest BCUT2D eigenvalue weighted by atomic mass is 9.56. The van der Waals surface area contributed by atoms with Gasteiger partial charge in [0.05, 0.1) is 5.69 Å². The van der Waals surface area contributed by atoms with Crippen LogP contribution in [-0.2, 0) is 10.8 Å². The summed E-state index contributed by atoms with van der Waals surface area (Å²) < 4.78 is 0. The molecule has 0 unspecified atom stereocenters. The zero-order valence-electron chi connectivity index (χ0n) is 29.7. The average Bonchev–Trinajstić information content (AvgIpc) is 3.18. The quantitative estimate of drug-likeness (QED) is 0.161. The zero-order valence-corrected chi connectivity index (χ0v) is 29.7. The van der Waals surface area contributed by atoms with Crippen molar-refractivity contribution in [2.75, 3.05) is 4.90 Å². The van der Waals surface area contributed by atoms with E-state index in [0.717, 1.165) is 17.1 Å². The monoisotopic (exact) mass is 655 g/mol. The van der Waals surface area contributed by atoms with Crippen LogP contribution in [0.3, 0.4) is 0 Å². The summed E-state index contributed by atoms with van der Waals surface area (Å²) in [6.07, 6.45) is 0. The van der Waals surface area contributed by atoms with Gasteiger partial charge in [-0.25, -0.2) is 0 Å². The summed E-state index contributed by atoms with van der Waals surface area (Å²) in [7, 11) is 0. The van der Waals surface area contributed by atoms with Gasteiger partial charge in [0.1, 0.15) is 0 Å². The Morgan fingerprint density at radius 1 is 0.353 bits per heavy atom. The van der Waals surface area contributed by atoms with Crippen LogP contribution < -0.4 is 4.90 Å². The van der Waals surface area contributed by atoms with E-state index < -0.39 is 0 Å². The van der Waals surface area contributed by atoms with Gasteiger partial charge in [-0.05, 0) is 114 Å². The number of rotatable bonds is 6. The molecular weight excluding hydrogens is 615 g/mol. The second-order valence-electron chi connectivity index (χ2n) is 15.0. The van der Waals surface area contributed by atoms with Gasteiger partial charge in [0.2, 0.25) is 0 Å². The van der Waals surface area contributed by atoms with Gasteiger partial charge < -0.3 is 4.90 Å². The minimum absolute atomic E-state index is 0.0399. The van der Waals surface area contributed by atoms with E-state index in [1.165, 1.54) is 66.1 Å². The number of anilines is 3. The lowest BCUT2D eigenvalue weighted by molar-refractivity contribution is 0.304. The maximum absolute atomic E-state index is 2.49. The van der Waals surface area contributed by atoms with Crippen LogP contribution in [0.4, 0.5) is 17.1 Å². The second kappa shape index (κ2) is 11.9. The highest BCUT2D eigenvalue weighted by Crippen LogP contribution is 2.55. The summed E-state index contributed by atoms with van der Waals surface area (Å²) >= 11 is 0. The van der Waals surface area contributed by atoms with Crippen LogP contribution in [-0.4, -0.2) is 0 Å². The maximum Gasteiger partial charge on any atom is 0.0540 e. The van der Waals surface area contributed by atoms with Crippen molar-refractivity contribution >= 4 is 38.6 Å². The molecule has 1 aliphatic rings. The molecule has 8 aromatic carbocycles. The van der Waals surface area contributed by atoms with Crippen LogP contribution in [0.5, 0.6) is 0 Å². The van der Waals surface area contributed by atoms with Crippen LogP contribution >= 0.6 is 0 Å². The summed E-state index contributed by atoms with van der Waals surface area (Å²) in [6.45, 7) is 9.70. The van der Waals surface area contributed by atoms with E-state index >= 15 is 0 Å². The Hall–Kier alpha value is -5.92. The van der Waals surface area contributed by atoms with Crippen LogP contribution in [0, 0.1) is 0 Å². The van der Waals surface area contributed by atoms with Gasteiger partial charge in [0.15, 0.2) is 0 Å². The molecule has 0 heterocycles. The third-order valence-electron chi connectivity index (χ3n) is 11.8. The molecule has 0 saturated carbocycles. The lowest BCUT2D eigenvalue weighted by Gasteiger charge is -2.47. The Morgan fingerprint density at radius 3 is 1.67 bits per heavy atom. The highest BCUT2D eigenvalue weighted by Gasteiger charge is 2.45. The first-order valence-electron chi connectivity index (χ1n) is 18.0. The molecule has 8 aromatic rings. The smallest absolute Gasteiger partial charge is 0.0540 e. The van der Waals surface area contributed by atoms with E-state index in [1.807, 2.05) is 0 Å². The molecule has 0 N–H and O–H groups in total. The number of hydrogen-bond donors (Lipinski definition) is 0. The van der Waals surface area contributed by atoms with Crippen LogP contribution in [0.15, 0.2) is 176 Å². The van der Waals surface area contributed by atoms with Crippen molar-refractivity contribution in [3.8, 4) is 33.4 Å². The Balaban J connectivity index is 1.21. The molecule has 0 saturated heterocycles. The normalized spacial score (nSPS) is 14.2. The molecule has 51 heavy (non-hydrogen) atoms. The van der Waals surface area contributed by atoms with Crippen molar-refractivity contribution in [2.24, 2.45) is 0 Å². The Bertz CT molecular complexity index is 2560. The molecule has 0 radical (unpaired) electrons. The lowest BCUT2D eigenvalue weighted by Crippen LogP contribution is -2.42. The first kappa shape index (κ1) is 31.1. The molecule has 1 heteroatoms. The summed E-state index contributed by atoms with van der Waals surface area (Å²) in [5.74, 6) is 0. The van der Waals surface area contributed by atoms with Gasteiger partial charge in [-0.1, -0.05) is 161 Å². The first-order valence-corrected chi connectivity index (χ1v) is 18.0. The average molecular weight is 656 g/mol. The highest BCUT2D eigenvalue weighted by atomic mass is 15.1. The van der Waals surface area contributed by atoms with Gasteiger partial charge in [-0.3, -0.25) is 0 Å². The molecule has 0 aliphatic heterocycles. The summed E-state index contributed by atoms with van der Waals surface area (Å²) in [5.41, 5.74) is 13.4. The van der Waals surface area contributed by atoms with E-state index in [-0.39, 0.29) is 10.8 Å². The predicted molar refractivity (Wildman–Crippen MR) is 218 cm³/mol. The summed E-state index contributed by atoms with van der Waals surface area (Å²) in [5, 5.41) is 5.43. The van der Waals surface area contributed by atoms with E-state index in [9.17, 15) is 0 Å². The molecule has 1 nitrogen and oxygen atoms in total. The SMILES string of the molecule is CC1(C)c2cccc3ccc4cc(-c5ccccc5N(c5ccccc5)c5cccc(-c6ccc(-c7ccccc7)cc6)c5)cc(c4c23)C1(C)C. The molecule has 1 aliphatic carbocycles. The van der Waals surface area contributed by atoms with Gasteiger partial charge >= 0.3 is 0 Å². The molecule has 0 amide bonds. The topological polar surface area (TPSA) is 3.24 Å². The predicted octanol–water partition coefficient (Wildman–Crippen LogP) is 14.0. The molecule has 246 valence electrons. The molecule has 0 fully saturated rings. The molecule has 0 spiro atoms. The van der Waals surface area contributed by atoms with Gasteiger partial charge in [-0.15, -0.1) is 0 Å². The van der Waals surface area contributed by atoms with Crippen molar-refractivity contribution in [3.63, 3.8) is 0 Å². The van der Waals surface area contributed by atoms with Crippen molar-refractivity contribution in [1.29, 1.82) is 0 Å². The molecule has 9 rings (SSSR count). The maximum atomic E-state index is 2.49. The van der Waals surface area contributed by atoms with Gasteiger partial charge in [-0.2, -0.15) is 0 Å². The van der Waals surface area contributed by atoms with Crippen molar-refractivity contribution in [2.45, 2.75) is 38.5 Å². The Labute approximate surface area is 301 Å². The minimum atomic E-state index is -0.0810. The fourth-order valence-electron chi connectivity index (χ4n) is 8.31. The van der Waals surface area contributed by atoms with Crippen molar-refractivity contribution in [1.82, 2.24) is 0 Å². The summed E-state index contributed by atoms with van der Waals surface area (Å²) in [4.78, 5) is 2.42. The molecular formula is C50H41N. The van der Waals surface area contributed by atoms with Crippen LogP contribution in [0.25, 0.3) is 54.9 Å². The largest absolute Gasteiger partial charge is 0.310 e. The molecule has 0 aromatic heterocycles. The second-order valence-corrected chi connectivity index (χ2v) is 15.0. The van der Waals surface area contributed by atoms with E-state index in [1.54, 1.807) is 0 Å². The Morgan fingerprint density at radius 2 is 0.902 bits per heavy atom. The van der Waals surface area contributed by atoms with E-state index in [4.69, 9.17) is 0 Å². The van der Waals surface area contributed by atoms with Gasteiger partial charge in [0, 0.05) is 16.9 Å². The standard InChI is InChI=1S/C50H41N/c1-49(2)44-23-14-17-37-29-30-39-31-40(33-45(50(49,3)4)48(39)47(37)44)43-22-11-12-24-46(43)51(41-19-9-6-10-20-41)42-21-13-18-38(32-42)36-27-25-35(26-28-36)34-15-7-5-8-16-34/h5-33H,1-4H3. The van der Waals surface area contributed by atoms with Crippen molar-refractivity contribution < 1.29 is 0 Å². The van der Waals surface area contributed by atoms with Gasteiger partial charge in [0.25, 0.3) is 0 Å². The number of nitrogens with zero attached hydrogens (tertiary/aromatic N) is 1. The van der Waals surface area contributed by atoms with Crippen LogP contribution in [0.1, 0.15) is 38.8 Å². The zero-order chi connectivity index (χ0) is 34.7. The number of benzene rings is 8. The molecule has 0 bridgehead atoms. The number of hydrogen-bond acceptors (Lipinski definition) is 1. The van der Waals surface area contributed by atoms with Crippen molar-refractivity contribution in [3.05, 3.63) is 187 Å². The highest BCUT2D eigenvalue weighted by molar-refractivity contribution is 6.14. The Kier molecular flexibility index (Phi) is 7.22.